The molecule has 0 N–H and O–H groups in total. The van der Waals surface area contributed by atoms with E-state index in [1.165, 1.54) is 0 Å². The second kappa shape index (κ2) is 3.72. The lowest BCUT2D eigenvalue weighted by Crippen LogP contribution is -1.85. The number of rotatable bonds is 2. The molecular weight excluding hydrogens is 200 g/mol. The molecule has 0 aliphatic carbocycles. The molecule has 0 saturated heterocycles. The molecule has 1 aromatic heterocycles. The van der Waals surface area contributed by atoms with E-state index in [4.69, 9.17) is 16.3 Å². The van der Waals surface area contributed by atoms with E-state index in [1.807, 2.05) is 25.2 Å². The molecule has 14 heavy (non-hydrogen) atoms. The molecule has 3 nitrogen and oxygen atoms in total. The highest BCUT2D eigenvalue weighted by Crippen LogP contribution is 2.28. The highest BCUT2D eigenvalue weighted by molar-refractivity contribution is 6.32. The standard InChI is InChI=1S/C10H9ClN2O/c1-13-7-8(6-12-13)14-10-5-3-2-4-9(10)11/h2-7H,1H3. The Morgan fingerprint density at radius 1 is 1.36 bits per heavy atom. The molecule has 4 heteroatoms. The Labute approximate surface area is 86.9 Å². The zero-order valence-electron chi connectivity index (χ0n) is 7.64. The van der Waals surface area contributed by atoms with E-state index in [-0.39, 0.29) is 0 Å². The Morgan fingerprint density at radius 2 is 2.14 bits per heavy atom. The van der Waals surface area contributed by atoms with Crippen LogP contribution in [0.4, 0.5) is 0 Å². The van der Waals surface area contributed by atoms with E-state index >= 15 is 0 Å². The molecule has 0 fully saturated rings. The first-order valence-corrected chi connectivity index (χ1v) is 4.54. The van der Waals surface area contributed by atoms with Crippen molar-refractivity contribution >= 4 is 11.6 Å². The number of benzene rings is 1. The summed E-state index contributed by atoms with van der Waals surface area (Å²) in [5.74, 6) is 1.32. The van der Waals surface area contributed by atoms with Gasteiger partial charge in [0.2, 0.25) is 0 Å². The number of ether oxygens (including phenoxy) is 1. The molecule has 1 aromatic carbocycles. The van der Waals surface area contributed by atoms with Crippen LogP contribution in [0.5, 0.6) is 11.5 Å². The van der Waals surface area contributed by atoms with Crippen LogP contribution in [0.2, 0.25) is 5.02 Å². The van der Waals surface area contributed by atoms with E-state index in [1.54, 1.807) is 23.1 Å². The van der Waals surface area contributed by atoms with Gasteiger partial charge >= 0.3 is 0 Å². The molecule has 1 heterocycles. The van der Waals surface area contributed by atoms with Crippen molar-refractivity contribution in [3.8, 4) is 11.5 Å². The summed E-state index contributed by atoms with van der Waals surface area (Å²) >= 11 is 5.93. The highest BCUT2D eigenvalue weighted by atomic mass is 35.5. The summed E-state index contributed by atoms with van der Waals surface area (Å²) in [5.41, 5.74) is 0. The molecule has 0 unspecified atom stereocenters. The number of nitrogens with zero attached hydrogens (tertiary/aromatic N) is 2. The van der Waals surface area contributed by atoms with Crippen molar-refractivity contribution in [2.24, 2.45) is 7.05 Å². The van der Waals surface area contributed by atoms with Gasteiger partial charge in [-0.1, -0.05) is 23.7 Å². The molecular formula is C10H9ClN2O. The van der Waals surface area contributed by atoms with Crippen LogP contribution in [-0.2, 0) is 7.05 Å². The molecule has 0 aliphatic rings. The lowest BCUT2D eigenvalue weighted by Gasteiger charge is -2.03. The van der Waals surface area contributed by atoms with Gasteiger partial charge in [-0.25, -0.2) is 0 Å². The molecule has 0 saturated carbocycles. The number of aryl methyl sites for hydroxylation is 1. The van der Waals surface area contributed by atoms with Gasteiger partial charge in [-0.15, -0.1) is 0 Å². The normalized spacial score (nSPS) is 10.1. The van der Waals surface area contributed by atoms with Crippen molar-refractivity contribution < 1.29 is 4.74 Å². The topological polar surface area (TPSA) is 27.1 Å². The van der Waals surface area contributed by atoms with Crippen LogP contribution < -0.4 is 4.74 Å². The molecule has 72 valence electrons. The van der Waals surface area contributed by atoms with Crippen molar-refractivity contribution in [2.75, 3.05) is 0 Å². The summed E-state index contributed by atoms with van der Waals surface area (Å²) in [7, 11) is 1.83. The Hall–Kier alpha value is -1.48. The van der Waals surface area contributed by atoms with E-state index in [0.29, 0.717) is 16.5 Å². The SMILES string of the molecule is Cn1cc(Oc2ccccc2Cl)cn1. The fourth-order valence-electron chi connectivity index (χ4n) is 1.11. The summed E-state index contributed by atoms with van der Waals surface area (Å²) in [6.07, 6.45) is 3.42. The summed E-state index contributed by atoms with van der Waals surface area (Å²) < 4.78 is 7.19. The van der Waals surface area contributed by atoms with Gasteiger partial charge in [0.15, 0.2) is 5.75 Å². The van der Waals surface area contributed by atoms with E-state index in [9.17, 15) is 0 Å². The van der Waals surface area contributed by atoms with Gasteiger partial charge in [0.05, 0.1) is 17.4 Å². The fraction of sp³-hybridized carbons (Fsp3) is 0.100. The third-order valence-corrected chi connectivity index (χ3v) is 2.06. The van der Waals surface area contributed by atoms with Crippen LogP contribution in [0.1, 0.15) is 0 Å². The van der Waals surface area contributed by atoms with Gasteiger partial charge in [0, 0.05) is 7.05 Å². The van der Waals surface area contributed by atoms with Gasteiger partial charge < -0.3 is 4.74 Å². The number of hydrogen-bond donors (Lipinski definition) is 0. The predicted molar refractivity (Wildman–Crippen MR) is 54.7 cm³/mol. The van der Waals surface area contributed by atoms with Crippen LogP contribution in [0, 0.1) is 0 Å². The molecule has 0 aliphatic heterocycles. The molecule has 2 rings (SSSR count). The average Bonchev–Trinajstić information content (AvgIpc) is 2.56. The molecule has 0 amide bonds. The lowest BCUT2D eigenvalue weighted by atomic mass is 10.3. The number of para-hydroxylation sites is 1. The van der Waals surface area contributed by atoms with Crippen molar-refractivity contribution in [1.82, 2.24) is 9.78 Å². The first kappa shape index (κ1) is 9.09. The monoisotopic (exact) mass is 208 g/mol. The zero-order valence-corrected chi connectivity index (χ0v) is 8.40. The summed E-state index contributed by atoms with van der Waals surface area (Å²) in [4.78, 5) is 0. The maximum Gasteiger partial charge on any atom is 0.165 e. The quantitative estimate of drug-likeness (QED) is 0.759. The number of hydrogen-bond acceptors (Lipinski definition) is 2. The minimum Gasteiger partial charge on any atom is -0.452 e. The maximum absolute atomic E-state index is 5.93. The van der Waals surface area contributed by atoms with Crippen molar-refractivity contribution in [2.45, 2.75) is 0 Å². The first-order valence-electron chi connectivity index (χ1n) is 4.17. The van der Waals surface area contributed by atoms with Crippen LogP contribution in [-0.4, -0.2) is 9.78 Å². The molecule has 0 bridgehead atoms. The van der Waals surface area contributed by atoms with Crippen LogP contribution >= 0.6 is 11.6 Å². The Morgan fingerprint density at radius 3 is 2.79 bits per heavy atom. The van der Waals surface area contributed by atoms with E-state index < -0.39 is 0 Å². The van der Waals surface area contributed by atoms with Crippen molar-refractivity contribution in [1.29, 1.82) is 0 Å². The number of aromatic nitrogens is 2. The highest BCUT2D eigenvalue weighted by Gasteiger charge is 2.02. The molecule has 2 aromatic rings. The zero-order chi connectivity index (χ0) is 9.97. The molecule has 0 atom stereocenters. The average molecular weight is 209 g/mol. The summed E-state index contributed by atoms with van der Waals surface area (Å²) in [5, 5.41) is 4.58. The smallest absolute Gasteiger partial charge is 0.165 e. The Kier molecular flexibility index (Phi) is 2.41. The van der Waals surface area contributed by atoms with Crippen LogP contribution in [0.3, 0.4) is 0 Å². The minimum absolute atomic E-state index is 0.594. The second-order valence-electron chi connectivity index (χ2n) is 2.88. The molecule has 0 spiro atoms. The van der Waals surface area contributed by atoms with Gasteiger partial charge in [-0.2, -0.15) is 5.10 Å². The maximum atomic E-state index is 5.93. The van der Waals surface area contributed by atoms with Crippen LogP contribution in [0.25, 0.3) is 0 Å². The van der Waals surface area contributed by atoms with E-state index in [2.05, 4.69) is 5.10 Å². The van der Waals surface area contributed by atoms with Crippen LogP contribution in [0.15, 0.2) is 36.7 Å². The van der Waals surface area contributed by atoms with Gasteiger partial charge in [-0.3, -0.25) is 4.68 Å². The summed E-state index contributed by atoms with van der Waals surface area (Å²) in [6.45, 7) is 0. The predicted octanol–water partition coefficient (Wildman–Crippen LogP) is 2.87. The van der Waals surface area contributed by atoms with Gasteiger partial charge in [0.1, 0.15) is 5.75 Å². The molecule has 0 radical (unpaired) electrons. The lowest BCUT2D eigenvalue weighted by molar-refractivity contribution is 0.482. The van der Waals surface area contributed by atoms with E-state index in [0.717, 1.165) is 0 Å². The third kappa shape index (κ3) is 1.88. The number of halogens is 1. The first-order chi connectivity index (χ1) is 6.75. The van der Waals surface area contributed by atoms with Gasteiger partial charge in [0.25, 0.3) is 0 Å². The summed E-state index contributed by atoms with van der Waals surface area (Å²) in [6, 6.07) is 7.33. The second-order valence-corrected chi connectivity index (χ2v) is 3.29. The Bertz CT molecular complexity index is 439. The minimum atomic E-state index is 0.594. The third-order valence-electron chi connectivity index (χ3n) is 1.75. The van der Waals surface area contributed by atoms with Crippen molar-refractivity contribution in [3.05, 3.63) is 41.7 Å². The van der Waals surface area contributed by atoms with Crippen molar-refractivity contribution in [3.63, 3.8) is 0 Å². The van der Waals surface area contributed by atoms with Gasteiger partial charge in [-0.05, 0) is 12.1 Å². The fourth-order valence-corrected chi connectivity index (χ4v) is 1.28. The largest absolute Gasteiger partial charge is 0.452 e. The Balaban J connectivity index is 2.23.